The van der Waals surface area contributed by atoms with Gasteiger partial charge in [-0.2, -0.15) is 0 Å². The Morgan fingerprint density at radius 1 is 1.26 bits per heavy atom. The van der Waals surface area contributed by atoms with E-state index in [1.807, 2.05) is 4.90 Å². The smallest absolute Gasteiger partial charge is 0.239 e. The van der Waals surface area contributed by atoms with Crippen LogP contribution < -0.4 is 5.32 Å². The fraction of sp³-hybridized carbons (Fsp3) is 0.842. The van der Waals surface area contributed by atoms with Crippen LogP contribution in [-0.4, -0.2) is 47.7 Å². The summed E-state index contributed by atoms with van der Waals surface area (Å²) in [4.78, 5) is 14.8. The molecule has 0 radical (unpaired) electrons. The van der Waals surface area contributed by atoms with Gasteiger partial charge < -0.3 is 15.3 Å². The molecule has 2 bridgehead atoms. The van der Waals surface area contributed by atoms with Gasteiger partial charge in [-0.05, 0) is 62.3 Å². The van der Waals surface area contributed by atoms with Crippen molar-refractivity contribution >= 4 is 5.91 Å². The molecule has 1 amide bonds. The lowest BCUT2D eigenvalue weighted by atomic mass is 9.92. The van der Waals surface area contributed by atoms with Gasteiger partial charge in [-0.15, -0.1) is 0 Å². The normalized spacial score (nSPS) is 32.0. The number of carbonyl (C=O) groups excluding carboxylic acids is 1. The molecule has 3 aliphatic rings. The second kappa shape index (κ2) is 7.35. The number of amides is 1. The molecule has 2 aliphatic carbocycles. The summed E-state index contributed by atoms with van der Waals surface area (Å²) < 4.78 is 0. The van der Waals surface area contributed by atoms with Gasteiger partial charge in [0.2, 0.25) is 5.91 Å². The number of aliphatic hydroxyl groups excluding tert-OH is 1. The van der Waals surface area contributed by atoms with Crippen molar-refractivity contribution in [2.45, 2.75) is 58.1 Å². The molecule has 4 atom stereocenters. The number of rotatable bonds is 6. The molecule has 1 saturated heterocycles. The predicted octanol–water partition coefficient (Wildman–Crippen LogP) is 2.19. The highest BCUT2D eigenvalue weighted by atomic mass is 16.3. The summed E-state index contributed by atoms with van der Waals surface area (Å²) in [6, 6.07) is -0.0617. The number of nitrogens with one attached hydrogen (secondary N) is 1. The zero-order valence-corrected chi connectivity index (χ0v) is 14.6. The van der Waals surface area contributed by atoms with Crippen molar-refractivity contribution in [2.75, 3.05) is 19.6 Å². The fourth-order valence-corrected chi connectivity index (χ4v) is 4.47. The molecular formula is C19H32N2O2. The van der Waals surface area contributed by atoms with E-state index < -0.39 is 0 Å². The Labute approximate surface area is 140 Å². The molecule has 4 heteroatoms. The number of hydrogen-bond donors (Lipinski definition) is 2. The first-order valence-electron chi connectivity index (χ1n) is 9.41. The molecule has 2 N–H and O–H groups in total. The van der Waals surface area contributed by atoms with Crippen LogP contribution in [0.1, 0.15) is 46.0 Å². The Morgan fingerprint density at radius 2 is 2.00 bits per heavy atom. The van der Waals surface area contributed by atoms with Crippen LogP contribution in [0, 0.1) is 23.7 Å². The van der Waals surface area contributed by atoms with Gasteiger partial charge in [0.05, 0.1) is 12.1 Å². The Morgan fingerprint density at radius 3 is 2.57 bits per heavy atom. The van der Waals surface area contributed by atoms with Crippen LogP contribution in [0.15, 0.2) is 12.2 Å². The highest BCUT2D eigenvalue weighted by Gasteiger charge is 2.36. The number of aliphatic hydroxyl groups is 1. The fourth-order valence-electron chi connectivity index (χ4n) is 4.47. The van der Waals surface area contributed by atoms with E-state index in [0.29, 0.717) is 24.9 Å². The van der Waals surface area contributed by atoms with Gasteiger partial charge in [-0.25, -0.2) is 0 Å². The standard InChI is InChI=1S/C19H32N2O2/c1-13(2)9-18(19(23)21-7-5-17(22)6-8-21)20-12-16-11-14-3-4-15(16)10-14/h3-4,13-18,20,22H,5-12H2,1-2H3/t14-,15-,16-,18-/m0/s1. The lowest BCUT2D eigenvalue weighted by Crippen LogP contribution is -2.51. The largest absolute Gasteiger partial charge is 0.393 e. The molecule has 3 rings (SSSR count). The molecule has 1 saturated carbocycles. The first-order chi connectivity index (χ1) is 11.0. The summed E-state index contributed by atoms with van der Waals surface area (Å²) in [5.41, 5.74) is 0. The van der Waals surface area contributed by atoms with Gasteiger partial charge in [0.15, 0.2) is 0 Å². The monoisotopic (exact) mass is 320 g/mol. The maximum Gasteiger partial charge on any atom is 0.239 e. The van der Waals surface area contributed by atoms with Crippen molar-refractivity contribution in [1.82, 2.24) is 10.2 Å². The summed E-state index contributed by atoms with van der Waals surface area (Å²) in [7, 11) is 0. The van der Waals surface area contributed by atoms with E-state index in [2.05, 4.69) is 31.3 Å². The van der Waals surface area contributed by atoms with Crippen LogP contribution in [0.2, 0.25) is 0 Å². The summed E-state index contributed by atoms with van der Waals surface area (Å²) >= 11 is 0. The highest BCUT2D eigenvalue weighted by Crippen LogP contribution is 2.43. The first-order valence-corrected chi connectivity index (χ1v) is 9.41. The SMILES string of the molecule is CC(C)C[C@H](NC[C@@H]1C[C@H]2C=C[C@H]1C2)C(=O)N1CCC(O)CC1. The first kappa shape index (κ1) is 17.0. The van der Waals surface area contributed by atoms with Crippen molar-refractivity contribution in [3.63, 3.8) is 0 Å². The van der Waals surface area contributed by atoms with Gasteiger partial charge in [0.1, 0.15) is 0 Å². The van der Waals surface area contributed by atoms with E-state index in [1.165, 1.54) is 12.8 Å². The van der Waals surface area contributed by atoms with E-state index in [1.54, 1.807) is 0 Å². The molecule has 0 aromatic rings. The van der Waals surface area contributed by atoms with Crippen molar-refractivity contribution in [3.8, 4) is 0 Å². The topological polar surface area (TPSA) is 52.6 Å². The number of fused-ring (bicyclic) bond motifs is 2. The van der Waals surface area contributed by atoms with Gasteiger partial charge in [0, 0.05) is 13.1 Å². The third-order valence-electron chi connectivity index (χ3n) is 5.82. The zero-order chi connectivity index (χ0) is 16.4. The third kappa shape index (κ3) is 4.16. The number of hydrogen-bond acceptors (Lipinski definition) is 3. The minimum atomic E-state index is -0.226. The number of likely N-dealkylation sites (tertiary alicyclic amines) is 1. The average Bonchev–Trinajstić information content (AvgIpc) is 3.14. The Kier molecular flexibility index (Phi) is 5.42. The van der Waals surface area contributed by atoms with Gasteiger partial charge >= 0.3 is 0 Å². The number of nitrogens with zero attached hydrogens (tertiary/aromatic N) is 1. The van der Waals surface area contributed by atoms with Crippen LogP contribution in [-0.2, 0) is 4.79 Å². The molecule has 0 unspecified atom stereocenters. The van der Waals surface area contributed by atoms with E-state index in [0.717, 1.165) is 37.6 Å². The molecule has 0 aromatic heterocycles. The summed E-state index contributed by atoms with van der Waals surface area (Å²) in [6.45, 7) is 6.73. The molecule has 0 spiro atoms. The lowest BCUT2D eigenvalue weighted by Gasteiger charge is -2.34. The second-order valence-corrected chi connectivity index (χ2v) is 8.19. The maximum absolute atomic E-state index is 12.9. The summed E-state index contributed by atoms with van der Waals surface area (Å²) in [5, 5.41) is 13.2. The van der Waals surface area contributed by atoms with Crippen LogP contribution in [0.5, 0.6) is 0 Å². The Hall–Kier alpha value is -0.870. The molecule has 23 heavy (non-hydrogen) atoms. The van der Waals surface area contributed by atoms with Crippen LogP contribution in [0.3, 0.4) is 0 Å². The van der Waals surface area contributed by atoms with Crippen molar-refractivity contribution < 1.29 is 9.90 Å². The summed E-state index contributed by atoms with van der Waals surface area (Å²) in [6.07, 6.45) is 9.47. The van der Waals surface area contributed by atoms with Crippen molar-refractivity contribution in [2.24, 2.45) is 23.7 Å². The van der Waals surface area contributed by atoms with Crippen LogP contribution in [0.4, 0.5) is 0 Å². The second-order valence-electron chi connectivity index (χ2n) is 8.19. The zero-order valence-electron chi connectivity index (χ0n) is 14.6. The molecule has 0 aromatic carbocycles. The molecular weight excluding hydrogens is 288 g/mol. The maximum atomic E-state index is 12.9. The van der Waals surface area contributed by atoms with Crippen molar-refractivity contribution in [1.29, 1.82) is 0 Å². The van der Waals surface area contributed by atoms with E-state index in [4.69, 9.17) is 0 Å². The predicted molar refractivity (Wildman–Crippen MR) is 91.9 cm³/mol. The van der Waals surface area contributed by atoms with E-state index in [-0.39, 0.29) is 18.1 Å². The molecule has 130 valence electrons. The quantitative estimate of drug-likeness (QED) is 0.738. The average molecular weight is 320 g/mol. The van der Waals surface area contributed by atoms with Crippen molar-refractivity contribution in [3.05, 3.63) is 12.2 Å². The van der Waals surface area contributed by atoms with Crippen LogP contribution >= 0.6 is 0 Å². The van der Waals surface area contributed by atoms with Crippen LogP contribution in [0.25, 0.3) is 0 Å². The number of allylic oxidation sites excluding steroid dienone is 2. The molecule has 2 fully saturated rings. The number of piperidine rings is 1. The van der Waals surface area contributed by atoms with Gasteiger partial charge in [-0.3, -0.25) is 4.79 Å². The minimum absolute atomic E-state index is 0.0617. The minimum Gasteiger partial charge on any atom is -0.393 e. The van der Waals surface area contributed by atoms with E-state index in [9.17, 15) is 9.90 Å². The molecule has 1 aliphatic heterocycles. The third-order valence-corrected chi connectivity index (χ3v) is 5.82. The molecule has 1 heterocycles. The Balaban J connectivity index is 1.54. The lowest BCUT2D eigenvalue weighted by molar-refractivity contribution is -0.136. The van der Waals surface area contributed by atoms with Gasteiger partial charge in [-0.1, -0.05) is 26.0 Å². The number of carbonyl (C=O) groups is 1. The highest BCUT2D eigenvalue weighted by molar-refractivity contribution is 5.82. The Bertz CT molecular complexity index is 441. The molecule has 4 nitrogen and oxygen atoms in total. The summed E-state index contributed by atoms with van der Waals surface area (Å²) in [5.74, 6) is 2.97. The van der Waals surface area contributed by atoms with Gasteiger partial charge in [0.25, 0.3) is 0 Å². The van der Waals surface area contributed by atoms with E-state index >= 15 is 0 Å².